The Morgan fingerprint density at radius 3 is 2.48 bits per heavy atom. The van der Waals surface area contributed by atoms with E-state index in [1.807, 2.05) is 31.2 Å². The molecule has 1 heterocycles. The third-order valence-electron chi connectivity index (χ3n) is 3.68. The molecule has 0 unspecified atom stereocenters. The van der Waals surface area contributed by atoms with Gasteiger partial charge in [0.1, 0.15) is 11.5 Å². The van der Waals surface area contributed by atoms with Gasteiger partial charge < -0.3 is 19.3 Å². The van der Waals surface area contributed by atoms with E-state index in [9.17, 15) is 0 Å². The Morgan fingerprint density at radius 1 is 1.08 bits per heavy atom. The van der Waals surface area contributed by atoms with Crippen LogP contribution in [-0.4, -0.2) is 24.4 Å². The van der Waals surface area contributed by atoms with E-state index in [1.165, 1.54) is 5.56 Å². The van der Waals surface area contributed by atoms with Crippen molar-refractivity contribution < 1.29 is 14.0 Å². The zero-order valence-corrected chi connectivity index (χ0v) is 14.9. The number of aromatic nitrogens is 2. The number of rotatable bonds is 6. The van der Waals surface area contributed by atoms with Crippen LogP contribution in [-0.2, 0) is 6.54 Å². The van der Waals surface area contributed by atoms with Crippen LogP contribution in [0.4, 0.5) is 5.69 Å². The fraction of sp³-hybridized carbons (Fsp3) is 0.222. The van der Waals surface area contributed by atoms with Crippen LogP contribution in [0, 0.1) is 6.92 Å². The summed E-state index contributed by atoms with van der Waals surface area (Å²) in [6.07, 6.45) is 0. The number of nitrogens with one attached hydrogen (secondary N) is 1. The monoisotopic (exact) mass is 359 g/mol. The molecule has 7 heteroatoms. The molecular weight excluding hydrogens is 342 g/mol. The molecular formula is C18H18ClN3O3. The van der Waals surface area contributed by atoms with Crippen molar-refractivity contribution in [3.8, 4) is 22.9 Å². The lowest BCUT2D eigenvalue weighted by atomic mass is 10.1. The summed E-state index contributed by atoms with van der Waals surface area (Å²) in [7, 11) is 3.13. The van der Waals surface area contributed by atoms with Crippen LogP contribution in [0.3, 0.4) is 0 Å². The average Bonchev–Trinajstić information content (AvgIpc) is 3.10. The van der Waals surface area contributed by atoms with E-state index in [2.05, 4.69) is 15.5 Å². The summed E-state index contributed by atoms with van der Waals surface area (Å²) in [6, 6.07) is 11.4. The molecule has 1 aromatic heterocycles. The predicted molar refractivity (Wildman–Crippen MR) is 96.4 cm³/mol. The lowest BCUT2D eigenvalue weighted by Crippen LogP contribution is -2.02. The van der Waals surface area contributed by atoms with Gasteiger partial charge in [0, 0.05) is 17.7 Å². The first-order valence-corrected chi connectivity index (χ1v) is 8.03. The molecule has 0 atom stereocenters. The smallest absolute Gasteiger partial charge is 0.246 e. The normalized spacial score (nSPS) is 10.6. The second-order valence-corrected chi connectivity index (χ2v) is 5.83. The van der Waals surface area contributed by atoms with Gasteiger partial charge in [-0.15, -0.1) is 0 Å². The molecule has 2 aromatic carbocycles. The topological polar surface area (TPSA) is 69.4 Å². The summed E-state index contributed by atoms with van der Waals surface area (Å²) in [5.41, 5.74) is 2.81. The van der Waals surface area contributed by atoms with Crippen LogP contribution in [0.25, 0.3) is 11.4 Å². The standard InChI is InChI=1S/C18H18ClN3O3/c1-11-4-6-12(7-5-11)18-21-17(25-22-18)10-20-14-9-15(23-2)13(19)8-16(14)24-3/h4-9,20H,10H2,1-3H3. The van der Waals surface area contributed by atoms with Crippen molar-refractivity contribution in [1.82, 2.24) is 10.1 Å². The van der Waals surface area contributed by atoms with Crippen molar-refractivity contribution in [3.63, 3.8) is 0 Å². The van der Waals surface area contributed by atoms with Gasteiger partial charge in [-0.1, -0.05) is 46.6 Å². The zero-order valence-electron chi connectivity index (χ0n) is 14.2. The van der Waals surface area contributed by atoms with Gasteiger partial charge in [0.2, 0.25) is 11.7 Å². The van der Waals surface area contributed by atoms with Gasteiger partial charge in [-0.2, -0.15) is 4.98 Å². The quantitative estimate of drug-likeness (QED) is 0.706. The number of benzene rings is 2. The first kappa shape index (κ1) is 17.1. The third kappa shape index (κ3) is 3.85. The van der Waals surface area contributed by atoms with Crippen molar-refractivity contribution in [2.45, 2.75) is 13.5 Å². The summed E-state index contributed by atoms with van der Waals surface area (Å²) in [5.74, 6) is 2.17. The fourth-order valence-corrected chi connectivity index (χ4v) is 2.55. The molecule has 3 rings (SSSR count). The van der Waals surface area contributed by atoms with Crippen LogP contribution in [0.15, 0.2) is 40.9 Å². The number of hydrogen-bond acceptors (Lipinski definition) is 6. The lowest BCUT2D eigenvalue weighted by molar-refractivity contribution is 0.383. The Hall–Kier alpha value is -2.73. The van der Waals surface area contributed by atoms with E-state index in [0.717, 1.165) is 11.3 Å². The summed E-state index contributed by atoms with van der Waals surface area (Å²) in [4.78, 5) is 4.40. The molecule has 0 radical (unpaired) electrons. The van der Waals surface area contributed by atoms with Crippen molar-refractivity contribution in [3.05, 3.63) is 52.9 Å². The molecule has 0 saturated carbocycles. The third-order valence-corrected chi connectivity index (χ3v) is 3.98. The Morgan fingerprint density at radius 2 is 1.80 bits per heavy atom. The molecule has 0 saturated heterocycles. The molecule has 0 fully saturated rings. The summed E-state index contributed by atoms with van der Waals surface area (Å²) in [6.45, 7) is 2.38. The van der Waals surface area contributed by atoms with Crippen LogP contribution in [0.1, 0.15) is 11.5 Å². The number of halogens is 1. The van der Waals surface area contributed by atoms with Gasteiger partial charge in [-0.25, -0.2) is 0 Å². The molecule has 1 N–H and O–H groups in total. The number of hydrogen-bond donors (Lipinski definition) is 1. The van der Waals surface area contributed by atoms with E-state index in [0.29, 0.717) is 34.8 Å². The minimum Gasteiger partial charge on any atom is -0.495 e. The van der Waals surface area contributed by atoms with Crippen LogP contribution >= 0.6 is 11.6 Å². The second-order valence-electron chi connectivity index (χ2n) is 5.42. The average molecular weight is 360 g/mol. The molecule has 130 valence electrons. The minimum atomic E-state index is 0.347. The molecule has 0 bridgehead atoms. The maximum absolute atomic E-state index is 6.11. The van der Waals surface area contributed by atoms with Crippen molar-refractivity contribution in [1.29, 1.82) is 0 Å². The van der Waals surface area contributed by atoms with Crippen LogP contribution in [0.5, 0.6) is 11.5 Å². The van der Waals surface area contributed by atoms with Gasteiger partial charge in [0.15, 0.2) is 0 Å². The first-order chi connectivity index (χ1) is 12.1. The van der Waals surface area contributed by atoms with Gasteiger partial charge in [0.25, 0.3) is 0 Å². The molecule has 0 amide bonds. The summed E-state index contributed by atoms with van der Waals surface area (Å²) >= 11 is 6.11. The molecule has 0 aliphatic rings. The second kappa shape index (κ2) is 7.44. The van der Waals surface area contributed by atoms with Crippen molar-refractivity contribution in [2.75, 3.05) is 19.5 Å². The number of nitrogens with zero attached hydrogens (tertiary/aromatic N) is 2. The predicted octanol–water partition coefficient (Wildman–Crippen LogP) is 4.33. The Bertz CT molecular complexity index is 863. The van der Waals surface area contributed by atoms with Gasteiger partial charge >= 0.3 is 0 Å². The van der Waals surface area contributed by atoms with Crippen molar-refractivity contribution >= 4 is 17.3 Å². The number of ether oxygens (including phenoxy) is 2. The van der Waals surface area contributed by atoms with Crippen LogP contribution in [0.2, 0.25) is 5.02 Å². The highest BCUT2D eigenvalue weighted by Gasteiger charge is 2.12. The molecule has 25 heavy (non-hydrogen) atoms. The van der Waals surface area contributed by atoms with Gasteiger partial charge in [-0.3, -0.25) is 0 Å². The minimum absolute atomic E-state index is 0.347. The summed E-state index contributed by atoms with van der Waals surface area (Å²) < 4.78 is 15.9. The molecule has 3 aromatic rings. The maximum atomic E-state index is 6.11. The summed E-state index contributed by atoms with van der Waals surface area (Å²) in [5, 5.41) is 7.69. The van der Waals surface area contributed by atoms with E-state index in [1.54, 1.807) is 26.4 Å². The maximum Gasteiger partial charge on any atom is 0.246 e. The highest BCUT2D eigenvalue weighted by Crippen LogP contribution is 2.36. The first-order valence-electron chi connectivity index (χ1n) is 7.65. The zero-order chi connectivity index (χ0) is 17.8. The Kier molecular flexibility index (Phi) is 5.09. The Labute approximate surface area is 150 Å². The lowest BCUT2D eigenvalue weighted by Gasteiger charge is -2.12. The molecule has 0 aliphatic carbocycles. The number of aryl methyl sites for hydroxylation is 1. The van der Waals surface area contributed by atoms with E-state index < -0.39 is 0 Å². The van der Waals surface area contributed by atoms with Gasteiger partial charge in [0.05, 0.1) is 31.5 Å². The van der Waals surface area contributed by atoms with Crippen LogP contribution < -0.4 is 14.8 Å². The highest BCUT2D eigenvalue weighted by atomic mass is 35.5. The van der Waals surface area contributed by atoms with E-state index in [-0.39, 0.29) is 0 Å². The highest BCUT2D eigenvalue weighted by molar-refractivity contribution is 6.32. The van der Waals surface area contributed by atoms with E-state index in [4.69, 9.17) is 25.6 Å². The SMILES string of the molecule is COc1cc(NCc2nc(-c3ccc(C)cc3)no2)c(OC)cc1Cl. The number of methoxy groups -OCH3 is 2. The Balaban J connectivity index is 1.75. The van der Waals surface area contributed by atoms with Crippen molar-refractivity contribution in [2.24, 2.45) is 0 Å². The number of anilines is 1. The molecule has 6 nitrogen and oxygen atoms in total. The van der Waals surface area contributed by atoms with E-state index >= 15 is 0 Å². The fourth-order valence-electron chi connectivity index (χ4n) is 2.32. The molecule has 0 aliphatic heterocycles. The van der Waals surface area contributed by atoms with Gasteiger partial charge in [-0.05, 0) is 6.92 Å². The molecule has 0 spiro atoms. The largest absolute Gasteiger partial charge is 0.495 e.